The molecule has 6 heteroatoms. The maximum Gasteiger partial charge on any atom is 0.184 e. The van der Waals surface area contributed by atoms with Gasteiger partial charge in [-0.3, -0.25) is 4.57 Å². The maximum atomic E-state index is 4.56. The molecule has 108 valence electrons. The smallest absolute Gasteiger partial charge is 0.184 e. The third-order valence-corrected chi connectivity index (χ3v) is 4.34. The molecule has 0 atom stereocenters. The fourth-order valence-electron chi connectivity index (χ4n) is 2.29. The molecule has 0 saturated carbocycles. The summed E-state index contributed by atoms with van der Waals surface area (Å²) in [5, 5.41) is 12.4. The number of hydrogen-bond donors (Lipinski definition) is 1. The quantitative estimate of drug-likeness (QED) is 0.627. The van der Waals surface area contributed by atoms with Gasteiger partial charge in [0.05, 0.1) is 16.8 Å². The zero-order valence-corrected chi connectivity index (χ0v) is 12.5. The first-order valence-electron chi connectivity index (χ1n) is 6.94. The van der Waals surface area contributed by atoms with Gasteiger partial charge in [-0.15, -0.1) is 10.2 Å². The second kappa shape index (κ2) is 5.57. The lowest BCUT2D eigenvalue weighted by Gasteiger charge is -2.06. The number of hydrogen-bond acceptors (Lipinski definition) is 5. The van der Waals surface area contributed by atoms with Crippen molar-refractivity contribution in [2.24, 2.45) is 0 Å². The number of nitrogens with one attached hydrogen (secondary N) is 1. The van der Waals surface area contributed by atoms with E-state index < -0.39 is 0 Å². The van der Waals surface area contributed by atoms with Crippen LogP contribution in [-0.2, 0) is 6.54 Å². The summed E-state index contributed by atoms with van der Waals surface area (Å²) in [4.78, 5) is 4.56. The lowest BCUT2D eigenvalue weighted by Crippen LogP contribution is -2.06. The Bertz CT molecular complexity index is 864. The van der Waals surface area contributed by atoms with Crippen LogP contribution in [0.1, 0.15) is 5.82 Å². The number of aromatic nitrogens is 4. The monoisotopic (exact) mass is 307 g/mol. The first kappa shape index (κ1) is 13.0. The fourth-order valence-corrected chi connectivity index (χ4v) is 3.15. The molecule has 0 amide bonds. The van der Waals surface area contributed by atoms with Crippen molar-refractivity contribution >= 4 is 26.7 Å². The van der Waals surface area contributed by atoms with E-state index in [1.807, 2.05) is 53.1 Å². The second-order valence-electron chi connectivity index (χ2n) is 4.79. The molecule has 2 heterocycles. The van der Waals surface area contributed by atoms with Crippen LogP contribution >= 0.6 is 11.3 Å². The van der Waals surface area contributed by atoms with Gasteiger partial charge in [0.2, 0.25) is 0 Å². The summed E-state index contributed by atoms with van der Waals surface area (Å²) >= 11 is 1.64. The molecule has 5 nitrogen and oxygen atoms in total. The summed E-state index contributed by atoms with van der Waals surface area (Å²) in [7, 11) is 0. The van der Waals surface area contributed by atoms with Gasteiger partial charge in [-0.1, -0.05) is 41.7 Å². The summed E-state index contributed by atoms with van der Waals surface area (Å²) in [6.07, 6.45) is 1.73. The van der Waals surface area contributed by atoms with E-state index in [1.165, 1.54) is 4.70 Å². The molecule has 0 spiro atoms. The van der Waals surface area contributed by atoms with Gasteiger partial charge in [-0.25, -0.2) is 4.98 Å². The van der Waals surface area contributed by atoms with Crippen LogP contribution in [0, 0.1) is 0 Å². The van der Waals surface area contributed by atoms with Crippen LogP contribution in [0.5, 0.6) is 0 Å². The van der Waals surface area contributed by atoms with Crippen LogP contribution in [0.15, 0.2) is 60.9 Å². The van der Waals surface area contributed by atoms with E-state index in [2.05, 4.69) is 26.6 Å². The summed E-state index contributed by atoms with van der Waals surface area (Å²) in [6, 6.07) is 18.2. The second-order valence-corrected chi connectivity index (χ2v) is 5.82. The van der Waals surface area contributed by atoms with Crippen molar-refractivity contribution in [2.75, 3.05) is 5.32 Å². The van der Waals surface area contributed by atoms with Crippen LogP contribution in [0.4, 0.5) is 5.13 Å². The van der Waals surface area contributed by atoms with Gasteiger partial charge in [-0.2, -0.15) is 0 Å². The SMILES string of the molecule is c1ccc(-n2cnnc2CNc2nc3ccccc3s2)cc1. The standard InChI is InChI=1S/C16H13N5S/c1-2-6-12(7-3-1)21-11-18-20-15(21)10-17-16-19-13-8-4-5-9-14(13)22-16/h1-9,11H,10H2,(H,17,19). The van der Waals surface area contributed by atoms with Crippen LogP contribution < -0.4 is 5.32 Å². The van der Waals surface area contributed by atoms with Crippen molar-refractivity contribution in [2.45, 2.75) is 6.54 Å². The highest BCUT2D eigenvalue weighted by molar-refractivity contribution is 7.22. The molecule has 2 aromatic heterocycles. The van der Waals surface area contributed by atoms with E-state index >= 15 is 0 Å². The Morgan fingerprint density at radius 2 is 1.82 bits per heavy atom. The zero-order chi connectivity index (χ0) is 14.8. The van der Waals surface area contributed by atoms with Gasteiger partial charge in [0.1, 0.15) is 6.33 Å². The van der Waals surface area contributed by atoms with E-state index in [4.69, 9.17) is 0 Å². The summed E-state index contributed by atoms with van der Waals surface area (Å²) in [5.74, 6) is 0.852. The number of nitrogens with zero attached hydrogens (tertiary/aromatic N) is 4. The Morgan fingerprint density at radius 3 is 2.68 bits per heavy atom. The van der Waals surface area contributed by atoms with Crippen molar-refractivity contribution in [1.82, 2.24) is 19.7 Å². The van der Waals surface area contributed by atoms with Crippen LogP contribution in [0.3, 0.4) is 0 Å². The van der Waals surface area contributed by atoms with E-state index in [0.29, 0.717) is 6.54 Å². The summed E-state index contributed by atoms with van der Waals surface area (Å²) in [5.41, 5.74) is 2.06. The zero-order valence-electron chi connectivity index (χ0n) is 11.7. The molecule has 0 bridgehead atoms. The van der Waals surface area contributed by atoms with E-state index in [9.17, 15) is 0 Å². The summed E-state index contributed by atoms with van der Waals surface area (Å²) < 4.78 is 3.15. The first-order valence-corrected chi connectivity index (χ1v) is 7.75. The minimum absolute atomic E-state index is 0.578. The molecule has 0 aliphatic rings. The van der Waals surface area contributed by atoms with Crippen molar-refractivity contribution in [3.8, 4) is 5.69 Å². The highest BCUT2D eigenvalue weighted by Gasteiger charge is 2.08. The molecular formula is C16H13N5S. The Balaban J connectivity index is 1.56. The Labute approximate surface area is 131 Å². The van der Waals surface area contributed by atoms with Gasteiger partial charge < -0.3 is 5.32 Å². The lowest BCUT2D eigenvalue weighted by atomic mass is 10.3. The molecule has 22 heavy (non-hydrogen) atoms. The maximum absolute atomic E-state index is 4.56. The fraction of sp³-hybridized carbons (Fsp3) is 0.0625. The number of rotatable bonds is 4. The molecule has 0 fully saturated rings. The predicted octanol–water partition coefficient (Wildman–Crippen LogP) is 3.49. The average molecular weight is 307 g/mol. The predicted molar refractivity (Wildman–Crippen MR) is 88.3 cm³/mol. The topological polar surface area (TPSA) is 55.6 Å². The van der Waals surface area contributed by atoms with Gasteiger partial charge in [-0.05, 0) is 24.3 Å². The molecule has 4 aromatic rings. The Kier molecular flexibility index (Phi) is 3.29. The molecule has 0 radical (unpaired) electrons. The molecular weight excluding hydrogens is 294 g/mol. The molecule has 1 N–H and O–H groups in total. The largest absolute Gasteiger partial charge is 0.354 e. The van der Waals surface area contributed by atoms with Crippen LogP contribution in [-0.4, -0.2) is 19.7 Å². The highest BCUT2D eigenvalue weighted by Crippen LogP contribution is 2.25. The van der Waals surface area contributed by atoms with Gasteiger partial charge in [0, 0.05) is 5.69 Å². The van der Waals surface area contributed by atoms with Gasteiger partial charge in [0.15, 0.2) is 11.0 Å². The molecule has 2 aromatic carbocycles. The molecule has 0 unspecified atom stereocenters. The Morgan fingerprint density at radius 1 is 1.00 bits per heavy atom. The summed E-state index contributed by atoms with van der Waals surface area (Å²) in [6.45, 7) is 0.578. The molecule has 0 aliphatic heterocycles. The number of para-hydroxylation sites is 2. The van der Waals surface area contributed by atoms with E-state index in [1.54, 1.807) is 17.7 Å². The number of fused-ring (bicyclic) bond motifs is 1. The lowest BCUT2D eigenvalue weighted by molar-refractivity contribution is 0.890. The number of anilines is 1. The third-order valence-electron chi connectivity index (χ3n) is 3.34. The van der Waals surface area contributed by atoms with Gasteiger partial charge in [0.25, 0.3) is 0 Å². The molecule has 0 saturated heterocycles. The average Bonchev–Trinajstić information content (AvgIpc) is 3.20. The highest BCUT2D eigenvalue weighted by atomic mass is 32.1. The van der Waals surface area contributed by atoms with Gasteiger partial charge >= 0.3 is 0 Å². The molecule has 0 aliphatic carbocycles. The van der Waals surface area contributed by atoms with Crippen molar-refractivity contribution in [3.63, 3.8) is 0 Å². The van der Waals surface area contributed by atoms with Crippen molar-refractivity contribution < 1.29 is 0 Å². The van der Waals surface area contributed by atoms with Crippen LogP contribution in [0.2, 0.25) is 0 Å². The number of benzene rings is 2. The van der Waals surface area contributed by atoms with E-state index in [0.717, 1.165) is 22.2 Å². The number of thiazole rings is 1. The van der Waals surface area contributed by atoms with Crippen molar-refractivity contribution in [1.29, 1.82) is 0 Å². The normalized spacial score (nSPS) is 10.9. The third kappa shape index (κ3) is 2.44. The molecule has 4 rings (SSSR count). The van der Waals surface area contributed by atoms with Crippen molar-refractivity contribution in [3.05, 3.63) is 66.7 Å². The Hall–Kier alpha value is -2.73. The van der Waals surface area contributed by atoms with E-state index in [-0.39, 0.29) is 0 Å². The first-order chi connectivity index (χ1) is 10.9. The minimum Gasteiger partial charge on any atom is -0.354 e. The minimum atomic E-state index is 0.578. The van der Waals surface area contributed by atoms with Crippen LogP contribution in [0.25, 0.3) is 15.9 Å².